The van der Waals surface area contributed by atoms with E-state index < -0.39 is 0 Å². The van der Waals surface area contributed by atoms with E-state index in [0.717, 1.165) is 44.1 Å². The third kappa shape index (κ3) is 7.05. The number of aromatic nitrogens is 1. The second-order valence-electron chi connectivity index (χ2n) is 8.14. The van der Waals surface area contributed by atoms with Crippen molar-refractivity contribution >= 4 is 28.4 Å². The lowest BCUT2D eigenvalue weighted by Crippen LogP contribution is -2.43. The van der Waals surface area contributed by atoms with Crippen molar-refractivity contribution in [3.05, 3.63) is 11.1 Å². The van der Waals surface area contributed by atoms with Crippen molar-refractivity contribution in [1.82, 2.24) is 20.5 Å². The van der Waals surface area contributed by atoms with Gasteiger partial charge in [-0.25, -0.2) is 9.78 Å². The Bertz CT molecular complexity index is 636. The predicted octanol–water partition coefficient (Wildman–Crippen LogP) is 3.34. The van der Waals surface area contributed by atoms with Crippen LogP contribution in [0.5, 0.6) is 0 Å². The molecule has 0 bridgehead atoms. The number of rotatable bonds is 7. The van der Waals surface area contributed by atoms with Gasteiger partial charge in [0.2, 0.25) is 5.91 Å². The van der Waals surface area contributed by atoms with E-state index in [1.165, 1.54) is 43.4 Å². The number of anilines is 1. The van der Waals surface area contributed by atoms with E-state index in [1.54, 1.807) is 0 Å². The number of likely N-dealkylation sites (tertiary alicyclic amines) is 1. The summed E-state index contributed by atoms with van der Waals surface area (Å²) < 4.78 is 0. The van der Waals surface area contributed by atoms with E-state index in [0.29, 0.717) is 11.7 Å². The van der Waals surface area contributed by atoms with Gasteiger partial charge in [0.1, 0.15) is 0 Å². The highest BCUT2D eigenvalue weighted by Gasteiger charge is 2.17. The van der Waals surface area contributed by atoms with E-state index in [1.807, 2.05) is 5.38 Å². The molecule has 156 valence electrons. The first-order valence-corrected chi connectivity index (χ1v) is 11.5. The lowest BCUT2D eigenvalue weighted by atomic mass is 9.96. The molecule has 0 unspecified atom stereocenters. The van der Waals surface area contributed by atoms with Crippen molar-refractivity contribution in [2.24, 2.45) is 5.92 Å². The van der Waals surface area contributed by atoms with Gasteiger partial charge < -0.3 is 16.0 Å². The summed E-state index contributed by atoms with van der Waals surface area (Å²) in [6.07, 6.45) is 8.46. The van der Waals surface area contributed by atoms with Gasteiger partial charge in [-0.15, -0.1) is 11.3 Å². The van der Waals surface area contributed by atoms with Crippen molar-refractivity contribution in [2.45, 2.75) is 70.9 Å². The number of urea groups is 1. The number of nitrogens with zero attached hydrogens (tertiary/aromatic N) is 2. The largest absolute Gasteiger partial charge is 0.338 e. The van der Waals surface area contributed by atoms with E-state index >= 15 is 0 Å². The summed E-state index contributed by atoms with van der Waals surface area (Å²) in [6, 6.07) is 0.103. The minimum absolute atomic E-state index is 0.120. The average molecular weight is 408 g/mol. The third-order valence-electron chi connectivity index (χ3n) is 5.64. The molecule has 1 aromatic heterocycles. The number of amides is 3. The van der Waals surface area contributed by atoms with E-state index in [-0.39, 0.29) is 24.4 Å². The Hall–Kier alpha value is -1.67. The molecular weight excluding hydrogens is 374 g/mol. The van der Waals surface area contributed by atoms with Crippen LogP contribution in [0.1, 0.15) is 64.0 Å². The maximum absolute atomic E-state index is 12.1. The molecular formula is C20H33N5O2S. The van der Waals surface area contributed by atoms with Gasteiger partial charge in [0, 0.05) is 30.9 Å². The van der Waals surface area contributed by atoms with Gasteiger partial charge in [-0.2, -0.15) is 0 Å². The Balaban J connectivity index is 1.31. The lowest BCUT2D eigenvalue weighted by Gasteiger charge is -2.29. The molecule has 3 amide bonds. The summed E-state index contributed by atoms with van der Waals surface area (Å²) in [5, 5.41) is 11.3. The molecule has 0 atom stereocenters. The first-order valence-electron chi connectivity index (χ1n) is 10.6. The summed E-state index contributed by atoms with van der Waals surface area (Å²) in [4.78, 5) is 30.9. The van der Waals surface area contributed by atoms with Crippen LogP contribution >= 0.6 is 11.3 Å². The van der Waals surface area contributed by atoms with Crippen molar-refractivity contribution in [2.75, 3.05) is 25.0 Å². The first kappa shape index (κ1) is 21.0. The fraction of sp³-hybridized carbons (Fsp3) is 0.750. The monoisotopic (exact) mass is 407 g/mol. The molecule has 2 aliphatic rings. The normalized spacial score (nSPS) is 19.3. The van der Waals surface area contributed by atoms with Crippen LogP contribution < -0.4 is 16.0 Å². The van der Waals surface area contributed by atoms with Gasteiger partial charge in [0.25, 0.3) is 0 Å². The van der Waals surface area contributed by atoms with Gasteiger partial charge in [-0.3, -0.25) is 9.69 Å². The molecule has 2 heterocycles. The maximum Gasteiger partial charge on any atom is 0.315 e. The number of hydrogen-bond donors (Lipinski definition) is 3. The minimum atomic E-state index is -0.174. The van der Waals surface area contributed by atoms with Crippen molar-refractivity contribution < 1.29 is 9.59 Å². The van der Waals surface area contributed by atoms with Crippen LogP contribution in [0.2, 0.25) is 0 Å². The molecule has 8 heteroatoms. The molecule has 3 rings (SSSR count). The summed E-state index contributed by atoms with van der Waals surface area (Å²) in [6.45, 7) is 5.73. The summed E-state index contributed by atoms with van der Waals surface area (Å²) in [7, 11) is 0. The van der Waals surface area contributed by atoms with Crippen LogP contribution in [0, 0.1) is 5.92 Å². The first-order chi connectivity index (χ1) is 13.6. The topological polar surface area (TPSA) is 86.4 Å². The number of carbonyl (C=O) groups excluding carboxylic acids is 2. The molecule has 2 fully saturated rings. The van der Waals surface area contributed by atoms with Crippen LogP contribution in [0.25, 0.3) is 0 Å². The zero-order valence-electron chi connectivity index (χ0n) is 16.8. The number of thiazole rings is 1. The number of piperidine rings is 1. The highest BCUT2D eigenvalue weighted by atomic mass is 32.1. The molecule has 0 radical (unpaired) electrons. The van der Waals surface area contributed by atoms with E-state index in [4.69, 9.17) is 0 Å². The Labute approximate surface area is 171 Å². The fourth-order valence-corrected chi connectivity index (χ4v) is 4.56. The summed E-state index contributed by atoms with van der Waals surface area (Å²) in [5.41, 5.74) is 1.01. The highest BCUT2D eigenvalue weighted by molar-refractivity contribution is 7.13. The van der Waals surface area contributed by atoms with Crippen LogP contribution in [0.15, 0.2) is 5.38 Å². The predicted molar refractivity (Wildman–Crippen MR) is 112 cm³/mol. The van der Waals surface area contributed by atoms with Crippen molar-refractivity contribution in [3.8, 4) is 0 Å². The Morgan fingerprint density at radius 3 is 2.68 bits per heavy atom. The zero-order chi connectivity index (χ0) is 19.8. The molecule has 7 nitrogen and oxygen atoms in total. The molecule has 1 saturated heterocycles. The van der Waals surface area contributed by atoms with Crippen molar-refractivity contribution in [1.29, 1.82) is 0 Å². The van der Waals surface area contributed by atoms with Gasteiger partial charge in [0.05, 0.1) is 5.69 Å². The van der Waals surface area contributed by atoms with E-state index in [9.17, 15) is 9.59 Å². The standard InChI is InChI=1S/C20H33N5O2S/c1-15-8-11-25(12-9-15)13-17-14-28-20(23-17)24-18(26)7-10-21-19(27)22-16-5-3-2-4-6-16/h14-16H,2-13H2,1H3,(H2,21,22,27)(H,23,24,26). The summed E-state index contributed by atoms with van der Waals surface area (Å²) in [5.74, 6) is 0.700. The Morgan fingerprint density at radius 2 is 1.93 bits per heavy atom. The maximum atomic E-state index is 12.1. The third-order valence-corrected chi connectivity index (χ3v) is 6.44. The van der Waals surface area contributed by atoms with Gasteiger partial charge in [0.15, 0.2) is 5.13 Å². The van der Waals surface area contributed by atoms with Gasteiger partial charge >= 0.3 is 6.03 Å². The van der Waals surface area contributed by atoms with E-state index in [2.05, 4.69) is 32.8 Å². The second-order valence-corrected chi connectivity index (χ2v) is 8.99. The molecule has 3 N–H and O–H groups in total. The molecule has 28 heavy (non-hydrogen) atoms. The average Bonchev–Trinajstić information content (AvgIpc) is 3.11. The van der Waals surface area contributed by atoms with Gasteiger partial charge in [-0.05, 0) is 44.7 Å². The smallest absolute Gasteiger partial charge is 0.315 e. The van der Waals surface area contributed by atoms with Crippen molar-refractivity contribution in [3.63, 3.8) is 0 Å². The van der Waals surface area contributed by atoms with Crippen LogP contribution in [0.4, 0.5) is 9.93 Å². The number of nitrogens with one attached hydrogen (secondary N) is 3. The molecule has 1 saturated carbocycles. The molecule has 1 aromatic rings. The number of carbonyl (C=O) groups is 2. The number of hydrogen-bond acceptors (Lipinski definition) is 5. The Kier molecular flexibility index (Phi) is 8.09. The highest BCUT2D eigenvalue weighted by Crippen LogP contribution is 2.21. The zero-order valence-corrected chi connectivity index (χ0v) is 17.7. The Morgan fingerprint density at radius 1 is 1.18 bits per heavy atom. The van der Waals surface area contributed by atoms with Crippen LogP contribution in [-0.2, 0) is 11.3 Å². The SMILES string of the molecule is CC1CCN(Cc2csc(NC(=O)CCNC(=O)NC3CCCCC3)n2)CC1. The molecule has 0 aromatic carbocycles. The summed E-state index contributed by atoms with van der Waals surface area (Å²) >= 11 is 1.46. The minimum Gasteiger partial charge on any atom is -0.338 e. The van der Waals surface area contributed by atoms with Crippen LogP contribution in [0.3, 0.4) is 0 Å². The molecule has 1 aliphatic carbocycles. The van der Waals surface area contributed by atoms with Crippen LogP contribution in [-0.4, -0.2) is 47.5 Å². The fourth-order valence-electron chi connectivity index (χ4n) is 3.84. The molecule has 0 spiro atoms. The van der Waals surface area contributed by atoms with Gasteiger partial charge in [-0.1, -0.05) is 26.2 Å². The quantitative estimate of drug-likeness (QED) is 0.647. The lowest BCUT2D eigenvalue weighted by molar-refractivity contribution is -0.116. The molecule has 1 aliphatic heterocycles. The second kappa shape index (κ2) is 10.8.